The summed E-state index contributed by atoms with van der Waals surface area (Å²) in [5, 5.41) is 3.48. The SMILES string of the molecule is CN=C(NCCc1ccc(Cl)s1)N1CCC(c2ccc(OC)cc2)C1.I. The maximum absolute atomic E-state index is 5.98. The molecule has 0 saturated carbocycles. The highest BCUT2D eigenvalue weighted by Gasteiger charge is 2.25. The number of nitrogens with zero attached hydrogens (tertiary/aromatic N) is 2. The van der Waals surface area contributed by atoms with E-state index >= 15 is 0 Å². The molecule has 0 aliphatic carbocycles. The van der Waals surface area contributed by atoms with Crippen molar-refractivity contribution in [2.24, 2.45) is 4.99 Å². The highest BCUT2D eigenvalue weighted by Crippen LogP contribution is 2.28. The monoisotopic (exact) mass is 505 g/mol. The van der Waals surface area contributed by atoms with Crippen molar-refractivity contribution in [1.82, 2.24) is 10.2 Å². The van der Waals surface area contributed by atoms with Crippen molar-refractivity contribution in [1.29, 1.82) is 0 Å². The predicted molar refractivity (Wildman–Crippen MR) is 122 cm³/mol. The van der Waals surface area contributed by atoms with E-state index in [-0.39, 0.29) is 24.0 Å². The van der Waals surface area contributed by atoms with Crippen LogP contribution >= 0.6 is 46.9 Å². The van der Waals surface area contributed by atoms with Gasteiger partial charge in [0.05, 0.1) is 11.4 Å². The summed E-state index contributed by atoms with van der Waals surface area (Å²) in [5.41, 5.74) is 1.37. The van der Waals surface area contributed by atoms with E-state index in [1.54, 1.807) is 18.4 Å². The first-order chi connectivity index (χ1) is 12.2. The average molecular weight is 506 g/mol. The fraction of sp³-hybridized carbons (Fsp3) is 0.421. The Kier molecular flexibility index (Phi) is 8.50. The van der Waals surface area contributed by atoms with E-state index in [9.17, 15) is 0 Å². The second-order valence-electron chi connectivity index (χ2n) is 6.13. The minimum atomic E-state index is 0. The van der Waals surface area contributed by atoms with E-state index in [0.717, 1.165) is 48.5 Å². The number of methoxy groups -OCH3 is 1. The van der Waals surface area contributed by atoms with Gasteiger partial charge in [-0.25, -0.2) is 0 Å². The average Bonchev–Trinajstić information content (AvgIpc) is 3.28. The number of thiophene rings is 1. The van der Waals surface area contributed by atoms with Crippen LogP contribution < -0.4 is 10.1 Å². The van der Waals surface area contributed by atoms with Crippen molar-refractivity contribution in [3.63, 3.8) is 0 Å². The first-order valence-electron chi connectivity index (χ1n) is 8.53. The number of nitrogens with one attached hydrogen (secondary N) is 1. The summed E-state index contributed by atoms with van der Waals surface area (Å²) in [6.07, 6.45) is 2.11. The summed E-state index contributed by atoms with van der Waals surface area (Å²) >= 11 is 7.63. The third kappa shape index (κ3) is 5.50. The summed E-state index contributed by atoms with van der Waals surface area (Å²) < 4.78 is 6.09. The number of hydrogen-bond donors (Lipinski definition) is 1. The third-order valence-corrected chi connectivity index (χ3v) is 5.86. The van der Waals surface area contributed by atoms with Gasteiger partial charge in [-0.05, 0) is 42.7 Å². The smallest absolute Gasteiger partial charge is 0.193 e. The van der Waals surface area contributed by atoms with Crippen LogP contribution in [-0.4, -0.2) is 44.7 Å². The number of ether oxygens (including phenoxy) is 1. The lowest BCUT2D eigenvalue weighted by molar-refractivity contribution is 0.414. The number of hydrogen-bond acceptors (Lipinski definition) is 3. The normalized spacial score (nSPS) is 17.1. The molecule has 7 heteroatoms. The summed E-state index contributed by atoms with van der Waals surface area (Å²) in [7, 11) is 3.55. The Morgan fingerprint density at radius 1 is 1.31 bits per heavy atom. The van der Waals surface area contributed by atoms with Gasteiger partial charge < -0.3 is 15.0 Å². The van der Waals surface area contributed by atoms with Gasteiger partial charge in [-0.1, -0.05) is 23.7 Å². The fourth-order valence-electron chi connectivity index (χ4n) is 3.22. The number of benzene rings is 1. The molecule has 1 aromatic heterocycles. The summed E-state index contributed by atoms with van der Waals surface area (Å²) in [6, 6.07) is 12.5. The van der Waals surface area contributed by atoms with Crippen LogP contribution in [0.1, 0.15) is 22.8 Å². The van der Waals surface area contributed by atoms with E-state index in [0.29, 0.717) is 5.92 Å². The summed E-state index contributed by atoms with van der Waals surface area (Å²) in [5.74, 6) is 2.43. The van der Waals surface area contributed by atoms with Gasteiger partial charge in [-0.2, -0.15) is 0 Å². The quantitative estimate of drug-likeness (QED) is 0.366. The Balaban J connectivity index is 0.00000243. The van der Waals surface area contributed by atoms with Crippen LogP contribution in [0.4, 0.5) is 0 Å². The van der Waals surface area contributed by atoms with E-state index in [1.807, 2.05) is 25.2 Å². The topological polar surface area (TPSA) is 36.9 Å². The van der Waals surface area contributed by atoms with Crippen LogP contribution in [0.5, 0.6) is 5.75 Å². The molecule has 0 spiro atoms. The van der Waals surface area contributed by atoms with Crippen molar-refractivity contribution in [2.45, 2.75) is 18.8 Å². The maximum atomic E-state index is 5.98. The van der Waals surface area contributed by atoms with Crippen LogP contribution in [0.15, 0.2) is 41.4 Å². The first kappa shape index (κ1) is 21.3. The minimum absolute atomic E-state index is 0. The number of likely N-dealkylation sites (tertiary alicyclic amines) is 1. The lowest BCUT2D eigenvalue weighted by atomic mass is 9.98. The zero-order chi connectivity index (χ0) is 17.6. The number of rotatable bonds is 5. The molecule has 1 aromatic carbocycles. The molecule has 1 fully saturated rings. The summed E-state index contributed by atoms with van der Waals surface area (Å²) in [6.45, 7) is 2.89. The van der Waals surface area contributed by atoms with Crippen molar-refractivity contribution in [3.8, 4) is 5.75 Å². The van der Waals surface area contributed by atoms with Gasteiger partial charge in [0, 0.05) is 37.5 Å². The molecule has 1 aliphatic heterocycles. The van der Waals surface area contributed by atoms with Crippen molar-refractivity contribution >= 4 is 52.9 Å². The molecule has 1 saturated heterocycles. The Labute approximate surface area is 181 Å². The zero-order valence-electron chi connectivity index (χ0n) is 15.1. The van der Waals surface area contributed by atoms with Gasteiger partial charge in [0.2, 0.25) is 0 Å². The lowest BCUT2D eigenvalue weighted by Gasteiger charge is -2.21. The molecule has 2 aromatic rings. The molecule has 26 heavy (non-hydrogen) atoms. The van der Waals surface area contributed by atoms with Gasteiger partial charge in [0.1, 0.15) is 5.75 Å². The second kappa shape index (κ2) is 10.4. The Bertz CT molecular complexity index is 720. The molecular weight excluding hydrogens is 481 g/mol. The molecule has 2 heterocycles. The molecule has 3 rings (SSSR count). The van der Waals surface area contributed by atoms with Gasteiger partial charge in [0.15, 0.2) is 5.96 Å². The van der Waals surface area contributed by atoms with Crippen LogP contribution in [0.3, 0.4) is 0 Å². The van der Waals surface area contributed by atoms with Crippen LogP contribution in [0.2, 0.25) is 4.34 Å². The minimum Gasteiger partial charge on any atom is -0.497 e. The molecular formula is C19H25ClIN3OS. The van der Waals surface area contributed by atoms with Crippen molar-refractivity contribution in [3.05, 3.63) is 51.2 Å². The molecule has 4 nitrogen and oxygen atoms in total. The molecule has 0 bridgehead atoms. The van der Waals surface area contributed by atoms with Gasteiger partial charge in [-0.3, -0.25) is 4.99 Å². The second-order valence-corrected chi connectivity index (χ2v) is 7.93. The van der Waals surface area contributed by atoms with Gasteiger partial charge in [-0.15, -0.1) is 35.3 Å². The zero-order valence-corrected chi connectivity index (χ0v) is 19.0. The molecule has 1 atom stereocenters. The van der Waals surface area contributed by atoms with E-state index in [4.69, 9.17) is 16.3 Å². The molecule has 1 unspecified atom stereocenters. The number of aliphatic imine (C=N–C) groups is 1. The van der Waals surface area contributed by atoms with E-state index in [2.05, 4.69) is 33.4 Å². The highest BCUT2D eigenvalue weighted by molar-refractivity contribution is 14.0. The standard InChI is InChI=1S/C19H24ClN3OS.HI/c1-21-19(22-11-9-17-7-8-18(20)25-17)23-12-10-15(13-23)14-3-5-16(24-2)6-4-14;/h3-8,15H,9-13H2,1-2H3,(H,21,22);1H. The van der Waals surface area contributed by atoms with Gasteiger partial charge >= 0.3 is 0 Å². The van der Waals surface area contributed by atoms with E-state index < -0.39 is 0 Å². The Morgan fingerprint density at radius 2 is 2.08 bits per heavy atom. The fourth-order valence-corrected chi connectivity index (χ4v) is 4.30. The maximum Gasteiger partial charge on any atom is 0.193 e. The third-order valence-electron chi connectivity index (χ3n) is 4.57. The first-order valence-corrected chi connectivity index (χ1v) is 9.73. The largest absolute Gasteiger partial charge is 0.497 e. The van der Waals surface area contributed by atoms with Crippen molar-refractivity contribution in [2.75, 3.05) is 33.8 Å². The van der Waals surface area contributed by atoms with Gasteiger partial charge in [0.25, 0.3) is 0 Å². The highest BCUT2D eigenvalue weighted by atomic mass is 127. The lowest BCUT2D eigenvalue weighted by Crippen LogP contribution is -2.40. The Morgan fingerprint density at radius 3 is 2.69 bits per heavy atom. The predicted octanol–water partition coefficient (Wildman–Crippen LogP) is 4.64. The number of halogens is 2. The molecule has 0 amide bonds. The van der Waals surface area contributed by atoms with Crippen molar-refractivity contribution < 1.29 is 4.74 Å². The van der Waals surface area contributed by atoms with E-state index in [1.165, 1.54) is 10.4 Å². The molecule has 1 N–H and O–H groups in total. The molecule has 142 valence electrons. The van der Waals surface area contributed by atoms with Crippen LogP contribution in [0, 0.1) is 0 Å². The van der Waals surface area contributed by atoms with Crippen LogP contribution in [0.25, 0.3) is 0 Å². The molecule has 0 radical (unpaired) electrons. The van der Waals surface area contributed by atoms with Crippen LogP contribution in [-0.2, 0) is 6.42 Å². The Hall–Kier alpha value is -0.990. The molecule has 1 aliphatic rings. The number of guanidine groups is 1. The summed E-state index contributed by atoms with van der Waals surface area (Å²) in [4.78, 5) is 8.09.